The van der Waals surface area contributed by atoms with Gasteiger partial charge in [0, 0.05) is 18.0 Å². The number of rotatable bonds is 2. The van der Waals surface area contributed by atoms with Gasteiger partial charge >= 0.3 is 0 Å². The zero-order chi connectivity index (χ0) is 17.2. The molecule has 2 aliphatic rings. The van der Waals surface area contributed by atoms with Gasteiger partial charge in [0.25, 0.3) is 10.0 Å². The van der Waals surface area contributed by atoms with E-state index < -0.39 is 20.7 Å². The van der Waals surface area contributed by atoms with Crippen LogP contribution in [0.5, 0.6) is 5.75 Å². The molecule has 24 heavy (non-hydrogen) atoms. The van der Waals surface area contributed by atoms with Crippen molar-refractivity contribution >= 4 is 30.7 Å². The summed E-state index contributed by atoms with van der Waals surface area (Å²) in [6.07, 6.45) is 3.25. The van der Waals surface area contributed by atoms with Crippen LogP contribution in [0.4, 0.5) is 0 Å². The average Bonchev–Trinajstić information content (AvgIpc) is 2.61. The summed E-state index contributed by atoms with van der Waals surface area (Å²) in [5.74, 6) is 0.697. The fourth-order valence-corrected chi connectivity index (χ4v) is 5.06. The number of primary sulfonamides is 1. The lowest BCUT2D eigenvalue weighted by molar-refractivity contribution is 0.0694. The molecule has 0 aromatic heterocycles. The van der Waals surface area contributed by atoms with Crippen LogP contribution >= 0.6 is 10.7 Å². The molecule has 9 heteroatoms. The van der Waals surface area contributed by atoms with Gasteiger partial charge in [0.2, 0.25) is 0 Å². The topological polar surface area (TPSA) is 94.2 Å². The molecule has 0 amide bonds. The van der Waals surface area contributed by atoms with E-state index in [9.17, 15) is 8.42 Å². The molecule has 0 saturated carbocycles. The van der Waals surface area contributed by atoms with Gasteiger partial charge in [-0.1, -0.05) is 6.07 Å². The number of morpholine rings is 1. The van der Waals surface area contributed by atoms with E-state index >= 15 is 0 Å². The maximum atomic E-state index is 11.7. The van der Waals surface area contributed by atoms with Crippen LogP contribution < -0.4 is 9.88 Å². The number of nitrogens with zero attached hydrogens (tertiary/aromatic N) is 2. The quantitative estimate of drug-likeness (QED) is 0.784. The van der Waals surface area contributed by atoms with Gasteiger partial charge in [0.15, 0.2) is 5.04 Å². The van der Waals surface area contributed by atoms with E-state index in [2.05, 4.69) is 9.30 Å². The van der Waals surface area contributed by atoms with E-state index in [0.29, 0.717) is 19.0 Å². The van der Waals surface area contributed by atoms with Crippen LogP contribution in [0.3, 0.4) is 0 Å². The molecule has 1 aromatic rings. The first-order valence-electron chi connectivity index (χ1n) is 7.37. The third kappa shape index (κ3) is 3.76. The highest BCUT2D eigenvalue weighted by molar-refractivity contribution is 8.16. The largest absolute Gasteiger partial charge is 0.497 e. The number of hydrogen-bond acceptors (Lipinski definition) is 6. The zero-order valence-corrected chi connectivity index (χ0v) is 14.8. The van der Waals surface area contributed by atoms with Crippen molar-refractivity contribution in [2.75, 3.05) is 33.4 Å². The molecule has 130 valence electrons. The van der Waals surface area contributed by atoms with Crippen LogP contribution in [0.1, 0.15) is 0 Å². The van der Waals surface area contributed by atoms with Crippen molar-refractivity contribution in [3.05, 3.63) is 36.4 Å². The van der Waals surface area contributed by atoms with E-state index in [4.69, 9.17) is 14.6 Å². The number of nitrogens with two attached hydrogens (primary N) is 1. The van der Waals surface area contributed by atoms with Crippen LogP contribution in [0.2, 0.25) is 0 Å². The predicted octanol–water partition coefficient (Wildman–Crippen LogP) is 0.957. The molecule has 2 N–H and O–H groups in total. The second-order valence-corrected chi connectivity index (χ2v) is 8.36. The lowest BCUT2D eigenvalue weighted by Gasteiger charge is -2.30. The number of methoxy groups -OCH3 is 1. The Labute approximate surface area is 143 Å². The van der Waals surface area contributed by atoms with Gasteiger partial charge in [-0.15, -0.1) is 0 Å². The molecule has 2 aliphatic heterocycles. The molecular formula is C15H19N3O4S2. The maximum absolute atomic E-state index is 11.7. The number of ether oxygens (including phenoxy) is 2. The van der Waals surface area contributed by atoms with Crippen molar-refractivity contribution in [2.24, 2.45) is 9.54 Å². The summed E-state index contributed by atoms with van der Waals surface area (Å²) in [5.41, 5.74) is 0. The molecule has 7 nitrogen and oxygen atoms in total. The average molecular weight is 369 g/mol. The monoisotopic (exact) mass is 369 g/mol. The van der Waals surface area contributed by atoms with Crippen LogP contribution in [0.15, 0.2) is 45.7 Å². The molecule has 0 bridgehead atoms. The molecule has 1 fully saturated rings. The van der Waals surface area contributed by atoms with Crippen LogP contribution in [0.25, 0.3) is 0 Å². The summed E-state index contributed by atoms with van der Waals surface area (Å²) in [4.78, 5) is 4.01. The van der Waals surface area contributed by atoms with Crippen molar-refractivity contribution in [1.29, 1.82) is 0 Å². The van der Waals surface area contributed by atoms with E-state index in [1.807, 2.05) is 24.3 Å². The first-order chi connectivity index (χ1) is 11.5. The zero-order valence-electron chi connectivity index (χ0n) is 13.2. The minimum Gasteiger partial charge on any atom is -0.497 e. The smallest absolute Gasteiger partial charge is 0.256 e. The lowest BCUT2D eigenvalue weighted by atomic mass is 10.3. The fraction of sp³-hybridized carbons (Fsp3) is 0.333. The summed E-state index contributed by atoms with van der Waals surface area (Å²) in [7, 11) is -3.05. The van der Waals surface area contributed by atoms with E-state index in [1.54, 1.807) is 13.2 Å². The highest BCUT2D eigenvalue weighted by Gasteiger charge is 2.23. The standard InChI is InChI=1S/C15H19N3O4S2/c1-21-12-3-2-4-13(11-12)23-15(18-7-9-22-10-8-18)6-5-14(17-23)24(16,19)20/h2-6,11H,7-10H2,1H3,(H2,16,19,20). The molecule has 3 rings (SSSR count). The van der Waals surface area contributed by atoms with Gasteiger partial charge in [-0.2, -0.15) is 0 Å². The summed E-state index contributed by atoms with van der Waals surface area (Å²) >= 11 is 0. The molecule has 1 saturated heterocycles. The fourth-order valence-electron chi connectivity index (χ4n) is 2.43. The first kappa shape index (κ1) is 17.3. The Kier molecular flexibility index (Phi) is 5.16. The number of hydrogen-bond donors (Lipinski definition) is 1. The molecule has 0 aliphatic carbocycles. The second-order valence-electron chi connectivity index (χ2n) is 5.21. The maximum Gasteiger partial charge on any atom is 0.256 e. The van der Waals surface area contributed by atoms with Crippen molar-refractivity contribution in [1.82, 2.24) is 4.90 Å². The Bertz CT molecular complexity index is 825. The SMILES string of the molecule is COc1cccc(S2=C(N3CCOCC3)C=CC(S(N)(=O)=O)=N2)c1. The molecule has 1 aromatic carbocycles. The van der Waals surface area contributed by atoms with Crippen LogP contribution in [-0.4, -0.2) is 56.8 Å². The molecular weight excluding hydrogens is 350 g/mol. The Morgan fingerprint density at radius 1 is 1.29 bits per heavy atom. The Morgan fingerprint density at radius 2 is 2.04 bits per heavy atom. The normalized spacial score (nSPS) is 22.3. The second kappa shape index (κ2) is 7.16. The Balaban J connectivity index is 2.12. The van der Waals surface area contributed by atoms with Gasteiger partial charge in [-0.05, 0) is 41.0 Å². The van der Waals surface area contributed by atoms with Crippen LogP contribution in [0, 0.1) is 0 Å². The highest BCUT2D eigenvalue weighted by Crippen LogP contribution is 2.35. The minimum atomic E-state index is -3.85. The van der Waals surface area contributed by atoms with Crippen molar-refractivity contribution in [2.45, 2.75) is 4.90 Å². The molecule has 0 spiro atoms. The third-order valence-electron chi connectivity index (χ3n) is 3.63. The van der Waals surface area contributed by atoms with Gasteiger partial charge < -0.3 is 9.47 Å². The highest BCUT2D eigenvalue weighted by atomic mass is 32.2. The van der Waals surface area contributed by atoms with Gasteiger partial charge in [-0.3, -0.25) is 4.90 Å². The predicted molar refractivity (Wildman–Crippen MR) is 95.9 cm³/mol. The Morgan fingerprint density at radius 3 is 2.71 bits per heavy atom. The van der Waals surface area contributed by atoms with Crippen molar-refractivity contribution in [3.8, 4) is 5.75 Å². The molecule has 0 radical (unpaired) electrons. The van der Waals surface area contributed by atoms with E-state index in [1.165, 1.54) is 6.08 Å². The van der Waals surface area contributed by atoms with Crippen molar-refractivity contribution in [3.63, 3.8) is 0 Å². The van der Waals surface area contributed by atoms with Crippen molar-refractivity contribution < 1.29 is 17.9 Å². The summed E-state index contributed by atoms with van der Waals surface area (Å²) in [5, 5.41) is 5.15. The first-order valence-corrected chi connectivity index (χ1v) is 10.1. The molecule has 1 atom stereocenters. The summed E-state index contributed by atoms with van der Waals surface area (Å²) in [6, 6.07) is 7.48. The molecule has 2 heterocycles. The van der Waals surface area contributed by atoms with Gasteiger partial charge in [0.1, 0.15) is 5.75 Å². The minimum absolute atomic E-state index is 0.106. The van der Waals surface area contributed by atoms with Gasteiger partial charge in [-0.25, -0.2) is 18.0 Å². The number of sulfonamides is 1. The Hall–Kier alpha value is -1.52. The van der Waals surface area contributed by atoms with Gasteiger partial charge in [0.05, 0.1) is 25.3 Å². The summed E-state index contributed by atoms with van der Waals surface area (Å²) in [6.45, 7) is 2.76. The third-order valence-corrected chi connectivity index (χ3v) is 6.42. The molecule has 1 unspecified atom stereocenters. The lowest BCUT2D eigenvalue weighted by Crippen LogP contribution is -2.40. The van der Waals surface area contributed by atoms with E-state index in [0.717, 1.165) is 23.0 Å². The van der Waals surface area contributed by atoms with E-state index in [-0.39, 0.29) is 5.04 Å². The number of benzene rings is 1. The summed E-state index contributed by atoms with van der Waals surface area (Å²) < 4.78 is 38.5. The van der Waals surface area contributed by atoms with Crippen LogP contribution in [-0.2, 0) is 14.8 Å².